The maximum Gasteiger partial charge on any atom is 0.261 e. The molecule has 3 aromatic heterocycles. The van der Waals surface area contributed by atoms with E-state index in [1.165, 1.54) is 22.2 Å². The Morgan fingerprint density at radius 1 is 1.43 bits per heavy atom. The van der Waals surface area contributed by atoms with Crippen LogP contribution in [0.3, 0.4) is 0 Å². The molecule has 0 saturated carbocycles. The molecule has 28 heavy (non-hydrogen) atoms. The van der Waals surface area contributed by atoms with Gasteiger partial charge in [-0.25, -0.2) is 9.67 Å². The highest BCUT2D eigenvalue weighted by molar-refractivity contribution is 7.16. The van der Waals surface area contributed by atoms with E-state index in [2.05, 4.69) is 21.1 Å². The highest BCUT2D eigenvalue weighted by Crippen LogP contribution is 2.34. The Labute approximate surface area is 165 Å². The Bertz CT molecular complexity index is 1140. The number of hydrogen-bond donors (Lipinski definition) is 1. The van der Waals surface area contributed by atoms with Crippen LogP contribution in [-0.2, 0) is 0 Å². The van der Waals surface area contributed by atoms with Crippen molar-refractivity contribution in [1.82, 2.24) is 24.6 Å². The molecule has 1 aliphatic rings. The van der Waals surface area contributed by atoms with Crippen LogP contribution in [0.4, 0.5) is 0 Å². The number of amides is 1. The first-order valence-electron chi connectivity index (χ1n) is 9.21. The summed E-state index contributed by atoms with van der Waals surface area (Å²) in [6, 6.07) is 4.16. The number of nitrogens with one attached hydrogen (secondary N) is 1. The minimum atomic E-state index is -0.324. The fourth-order valence-electron chi connectivity index (χ4n) is 3.64. The molecule has 0 radical (unpaired) electrons. The number of rotatable bonds is 3. The van der Waals surface area contributed by atoms with Gasteiger partial charge in [0.2, 0.25) is 5.95 Å². The van der Waals surface area contributed by atoms with E-state index in [4.69, 9.17) is 0 Å². The molecule has 0 bridgehead atoms. The van der Waals surface area contributed by atoms with Crippen molar-refractivity contribution in [3.05, 3.63) is 39.3 Å². The Morgan fingerprint density at radius 3 is 2.86 bits per heavy atom. The first-order chi connectivity index (χ1) is 13.5. The molecular formula is C19H20N6O2S. The molecule has 1 N–H and O–H groups in total. The summed E-state index contributed by atoms with van der Waals surface area (Å²) in [6.07, 6.45) is 3.68. The number of aromatic nitrogens is 4. The third-order valence-electron chi connectivity index (χ3n) is 5.68. The maximum atomic E-state index is 13.0. The van der Waals surface area contributed by atoms with Gasteiger partial charge >= 0.3 is 0 Å². The summed E-state index contributed by atoms with van der Waals surface area (Å²) in [4.78, 5) is 34.8. The topological polar surface area (TPSA) is 108 Å². The molecule has 144 valence electrons. The Balaban J connectivity index is 1.61. The average molecular weight is 396 g/mol. The van der Waals surface area contributed by atoms with E-state index < -0.39 is 0 Å². The molecule has 0 unspecified atom stereocenters. The van der Waals surface area contributed by atoms with Crippen molar-refractivity contribution in [2.45, 2.75) is 33.1 Å². The van der Waals surface area contributed by atoms with Crippen LogP contribution < -0.4 is 5.56 Å². The van der Waals surface area contributed by atoms with Gasteiger partial charge in [0.1, 0.15) is 4.83 Å². The molecule has 9 heteroatoms. The molecule has 1 amide bonds. The van der Waals surface area contributed by atoms with Gasteiger partial charge in [0, 0.05) is 13.1 Å². The number of H-pyrrole nitrogens is 1. The number of carbonyl (C=O) groups is 1. The molecule has 0 aromatic carbocycles. The zero-order valence-electron chi connectivity index (χ0n) is 15.7. The predicted molar refractivity (Wildman–Crippen MR) is 106 cm³/mol. The summed E-state index contributed by atoms with van der Waals surface area (Å²) in [7, 11) is 0. The number of aromatic amines is 1. The number of nitriles is 1. The molecule has 3 aromatic rings. The second-order valence-corrected chi connectivity index (χ2v) is 8.02. The number of hydrogen-bond acceptors (Lipinski definition) is 6. The molecule has 1 aliphatic heterocycles. The van der Waals surface area contributed by atoms with E-state index in [-0.39, 0.29) is 16.9 Å². The zero-order valence-corrected chi connectivity index (χ0v) is 16.5. The quantitative estimate of drug-likeness (QED) is 0.732. The van der Waals surface area contributed by atoms with E-state index in [1.807, 2.05) is 12.3 Å². The summed E-state index contributed by atoms with van der Waals surface area (Å²) in [5, 5.41) is 16.1. The van der Waals surface area contributed by atoms with Crippen molar-refractivity contribution < 1.29 is 4.79 Å². The lowest BCUT2D eigenvalue weighted by Gasteiger charge is -2.36. The minimum absolute atomic E-state index is 0.106. The van der Waals surface area contributed by atoms with Crippen LogP contribution in [0, 0.1) is 23.7 Å². The van der Waals surface area contributed by atoms with Crippen molar-refractivity contribution in [3.8, 4) is 12.0 Å². The first kappa shape index (κ1) is 18.4. The highest BCUT2D eigenvalue weighted by atomic mass is 32.1. The molecule has 0 spiro atoms. The first-order valence-corrected chi connectivity index (χ1v) is 10.1. The van der Waals surface area contributed by atoms with Gasteiger partial charge in [-0.15, -0.1) is 11.3 Å². The van der Waals surface area contributed by atoms with Crippen LogP contribution in [-0.4, -0.2) is 43.6 Å². The fourth-order valence-corrected chi connectivity index (χ4v) is 4.40. The van der Waals surface area contributed by atoms with Gasteiger partial charge in [-0.3, -0.25) is 14.6 Å². The number of likely N-dealkylation sites (tertiary alicyclic amines) is 1. The summed E-state index contributed by atoms with van der Waals surface area (Å²) < 4.78 is 1.49. The molecule has 4 rings (SSSR count). The Hall–Kier alpha value is -2.99. The maximum absolute atomic E-state index is 13.0. The van der Waals surface area contributed by atoms with Crippen LogP contribution in [0.1, 0.15) is 42.2 Å². The highest BCUT2D eigenvalue weighted by Gasteiger charge is 2.35. The van der Waals surface area contributed by atoms with Gasteiger partial charge in [-0.1, -0.05) is 6.92 Å². The largest absolute Gasteiger partial charge is 0.338 e. The number of carbonyl (C=O) groups excluding carboxylic acids is 1. The number of thiophene rings is 1. The third-order valence-corrected chi connectivity index (χ3v) is 6.49. The van der Waals surface area contributed by atoms with E-state index in [9.17, 15) is 14.9 Å². The van der Waals surface area contributed by atoms with Crippen molar-refractivity contribution in [1.29, 1.82) is 5.26 Å². The number of fused-ring (bicyclic) bond motifs is 1. The molecule has 4 heterocycles. The van der Waals surface area contributed by atoms with Gasteiger partial charge < -0.3 is 4.90 Å². The second-order valence-electron chi connectivity index (χ2n) is 7.12. The average Bonchev–Trinajstić information content (AvgIpc) is 3.34. The minimum Gasteiger partial charge on any atom is -0.338 e. The summed E-state index contributed by atoms with van der Waals surface area (Å²) >= 11 is 1.38. The van der Waals surface area contributed by atoms with Gasteiger partial charge in [0.15, 0.2) is 0 Å². The molecular weight excluding hydrogens is 376 g/mol. The van der Waals surface area contributed by atoms with Crippen LogP contribution in [0.25, 0.3) is 16.2 Å². The van der Waals surface area contributed by atoms with Gasteiger partial charge in [0.05, 0.1) is 34.3 Å². The van der Waals surface area contributed by atoms with Gasteiger partial charge in [-0.2, -0.15) is 10.4 Å². The standard InChI is InChI=1S/C19H20N6O2S/c1-3-19(11-20)5-7-24(8-6-19)17(27)14-10-21-25(12(14)2)18-22-15(26)13-4-9-28-16(13)23-18/h4,9-10H,3,5-8H2,1-2H3,(H,22,23,26). The fraction of sp³-hybridized carbons (Fsp3) is 0.421. The van der Waals surface area contributed by atoms with E-state index in [0.717, 1.165) is 6.42 Å². The lowest BCUT2D eigenvalue weighted by molar-refractivity contribution is 0.0642. The van der Waals surface area contributed by atoms with Crippen molar-refractivity contribution in [2.24, 2.45) is 5.41 Å². The van der Waals surface area contributed by atoms with Crippen molar-refractivity contribution in [2.75, 3.05) is 13.1 Å². The third kappa shape index (κ3) is 2.90. The summed E-state index contributed by atoms with van der Waals surface area (Å²) in [5.41, 5.74) is 0.550. The Morgan fingerprint density at radius 2 is 2.18 bits per heavy atom. The lowest BCUT2D eigenvalue weighted by atomic mass is 9.77. The van der Waals surface area contributed by atoms with Crippen LogP contribution in [0.5, 0.6) is 0 Å². The van der Waals surface area contributed by atoms with Gasteiger partial charge in [-0.05, 0) is 37.6 Å². The van der Waals surface area contributed by atoms with Crippen LogP contribution >= 0.6 is 11.3 Å². The van der Waals surface area contributed by atoms with E-state index >= 15 is 0 Å². The van der Waals surface area contributed by atoms with E-state index in [1.54, 1.807) is 17.9 Å². The summed E-state index contributed by atoms with van der Waals surface area (Å²) in [6.45, 7) is 4.92. The molecule has 1 saturated heterocycles. The van der Waals surface area contributed by atoms with Crippen LogP contribution in [0.2, 0.25) is 0 Å². The van der Waals surface area contributed by atoms with Crippen LogP contribution in [0.15, 0.2) is 22.4 Å². The van der Waals surface area contributed by atoms with Crippen molar-refractivity contribution >= 4 is 27.5 Å². The number of nitrogens with zero attached hydrogens (tertiary/aromatic N) is 5. The smallest absolute Gasteiger partial charge is 0.261 e. The SMILES string of the molecule is CCC1(C#N)CCN(C(=O)c2cnn(-c3nc4sccc4c(=O)[nH]3)c2C)CC1. The summed E-state index contributed by atoms with van der Waals surface area (Å²) in [5.74, 6) is 0.190. The monoisotopic (exact) mass is 396 g/mol. The molecule has 1 fully saturated rings. The second kappa shape index (κ2) is 6.87. The molecule has 0 atom stereocenters. The molecule has 0 aliphatic carbocycles. The van der Waals surface area contributed by atoms with E-state index in [0.29, 0.717) is 53.4 Å². The molecule has 8 nitrogen and oxygen atoms in total. The number of piperidine rings is 1. The predicted octanol–water partition coefficient (Wildman–Crippen LogP) is 2.63. The van der Waals surface area contributed by atoms with Crippen molar-refractivity contribution in [3.63, 3.8) is 0 Å². The Kier molecular flexibility index (Phi) is 4.51. The lowest BCUT2D eigenvalue weighted by Crippen LogP contribution is -2.42. The van der Waals surface area contributed by atoms with Gasteiger partial charge in [0.25, 0.3) is 11.5 Å². The normalized spacial score (nSPS) is 16.2. The zero-order chi connectivity index (χ0) is 19.9.